The fraction of sp³-hybridized carbons (Fsp3) is 0.222. The summed E-state index contributed by atoms with van der Waals surface area (Å²) in [5.74, 6) is 0. The van der Waals surface area contributed by atoms with Gasteiger partial charge in [0.15, 0.2) is 6.29 Å². The molecular weight excluding hydrogens is 202 g/mol. The van der Waals surface area contributed by atoms with Crippen LogP contribution in [0, 0.1) is 0 Å². The van der Waals surface area contributed by atoms with Crippen LogP contribution in [0.15, 0.2) is 12.1 Å². The Hall–Kier alpha value is -0.870. The second-order valence-electron chi connectivity index (χ2n) is 2.97. The lowest BCUT2D eigenvalue weighted by atomic mass is 10.4. The standard InChI is InChI=1S/C9H9NOS2/c1-10(2)9-4-8-7(13-9)3-6(5-11)12-8/h3-5H,1-2H3. The van der Waals surface area contributed by atoms with Crippen molar-refractivity contribution < 1.29 is 4.79 Å². The predicted octanol–water partition coefficient (Wildman–Crippen LogP) is 2.84. The zero-order valence-electron chi connectivity index (χ0n) is 7.40. The molecule has 0 fully saturated rings. The fourth-order valence-corrected chi connectivity index (χ4v) is 3.26. The SMILES string of the molecule is CN(C)c1cc2sc(C=O)cc2s1. The molecule has 0 atom stereocenters. The van der Waals surface area contributed by atoms with Crippen LogP contribution in [-0.4, -0.2) is 20.4 Å². The molecule has 68 valence electrons. The zero-order chi connectivity index (χ0) is 9.42. The van der Waals surface area contributed by atoms with Crippen LogP contribution in [0.25, 0.3) is 9.40 Å². The van der Waals surface area contributed by atoms with Crippen molar-refractivity contribution in [3.63, 3.8) is 0 Å². The lowest BCUT2D eigenvalue weighted by Crippen LogP contribution is -2.05. The van der Waals surface area contributed by atoms with E-state index in [1.165, 1.54) is 14.4 Å². The highest BCUT2D eigenvalue weighted by molar-refractivity contribution is 7.30. The van der Waals surface area contributed by atoms with Crippen molar-refractivity contribution in [2.24, 2.45) is 0 Å². The van der Waals surface area contributed by atoms with Gasteiger partial charge >= 0.3 is 0 Å². The average Bonchev–Trinajstić information content (AvgIpc) is 2.58. The van der Waals surface area contributed by atoms with Crippen molar-refractivity contribution in [1.29, 1.82) is 0 Å². The van der Waals surface area contributed by atoms with E-state index >= 15 is 0 Å². The Morgan fingerprint density at radius 2 is 1.92 bits per heavy atom. The summed E-state index contributed by atoms with van der Waals surface area (Å²) < 4.78 is 2.41. The first-order chi connectivity index (χ1) is 6.20. The highest BCUT2D eigenvalue weighted by atomic mass is 32.1. The molecule has 0 aliphatic heterocycles. The molecule has 0 aliphatic carbocycles. The highest BCUT2D eigenvalue weighted by Gasteiger charge is 2.06. The maximum Gasteiger partial charge on any atom is 0.160 e. The van der Waals surface area contributed by atoms with Gasteiger partial charge in [-0.15, -0.1) is 22.7 Å². The summed E-state index contributed by atoms with van der Waals surface area (Å²) in [6.07, 6.45) is 0.909. The van der Waals surface area contributed by atoms with Crippen LogP contribution in [0.4, 0.5) is 5.00 Å². The molecule has 4 heteroatoms. The van der Waals surface area contributed by atoms with Crippen LogP contribution in [0.2, 0.25) is 0 Å². The molecule has 2 nitrogen and oxygen atoms in total. The maximum absolute atomic E-state index is 10.5. The summed E-state index contributed by atoms with van der Waals surface area (Å²) in [4.78, 5) is 13.4. The number of carbonyl (C=O) groups excluding carboxylic acids is 1. The summed E-state index contributed by atoms with van der Waals surface area (Å²) >= 11 is 3.27. The van der Waals surface area contributed by atoms with Crippen molar-refractivity contribution in [3.8, 4) is 0 Å². The molecule has 2 rings (SSSR count). The van der Waals surface area contributed by atoms with E-state index in [9.17, 15) is 4.79 Å². The third-order valence-electron chi connectivity index (χ3n) is 1.77. The van der Waals surface area contributed by atoms with Gasteiger partial charge in [0.05, 0.1) is 9.88 Å². The van der Waals surface area contributed by atoms with E-state index in [4.69, 9.17) is 0 Å². The monoisotopic (exact) mass is 211 g/mol. The molecule has 2 aromatic heterocycles. The lowest BCUT2D eigenvalue weighted by Gasteiger charge is -2.06. The third-order valence-corrected chi connectivity index (χ3v) is 4.16. The Labute approximate surface area is 84.4 Å². The topological polar surface area (TPSA) is 20.3 Å². The van der Waals surface area contributed by atoms with Gasteiger partial charge in [0.2, 0.25) is 0 Å². The van der Waals surface area contributed by atoms with E-state index in [0.717, 1.165) is 11.2 Å². The fourth-order valence-electron chi connectivity index (χ4n) is 1.12. The van der Waals surface area contributed by atoms with Crippen LogP contribution in [0.5, 0.6) is 0 Å². The first-order valence-electron chi connectivity index (χ1n) is 3.86. The van der Waals surface area contributed by atoms with Gasteiger partial charge in [0.25, 0.3) is 0 Å². The van der Waals surface area contributed by atoms with Gasteiger partial charge in [-0.05, 0) is 12.1 Å². The molecule has 0 saturated heterocycles. The first-order valence-corrected chi connectivity index (χ1v) is 5.50. The number of anilines is 1. The second kappa shape index (κ2) is 3.12. The molecule has 0 bridgehead atoms. The highest BCUT2D eigenvalue weighted by Crippen LogP contribution is 2.36. The van der Waals surface area contributed by atoms with E-state index in [2.05, 4.69) is 11.0 Å². The van der Waals surface area contributed by atoms with Crippen LogP contribution in [-0.2, 0) is 0 Å². The maximum atomic E-state index is 10.5. The molecule has 0 aliphatic rings. The minimum absolute atomic E-state index is 0.812. The molecule has 0 amide bonds. The number of hydrogen-bond donors (Lipinski definition) is 0. The molecular formula is C9H9NOS2. The Balaban J connectivity index is 2.54. The number of aldehydes is 1. The summed E-state index contributed by atoms with van der Waals surface area (Å²) in [5.41, 5.74) is 0. The van der Waals surface area contributed by atoms with Gasteiger partial charge in [-0.3, -0.25) is 4.79 Å². The molecule has 13 heavy (non-hydrogen) atoms. The van der Waals surface area contributed by atoms with Gasteiger partial charge in [-0.25, -0.2) is 0 Å². The summed E-state index contributed by atoms with van der Waals surface area (Å²) in [6.45, 7) is 0. The first kappa shape index (κ1) is 8.72. The van der Waals surface area contributed by atoms with Gasteiger partial charge in [0.1, 0.15) is 0 Å². The quantitative estimate of drug-likeness (QED) is 0.712. The third kappa shape index (κ3) is 1.47. The Kier molecular flexibility index (Phi) is 2.09. The van der Waals surface area contributed by atoms with Crippen LogP contribution in [0.1, 0.15) is 9.67 Å². The van der Waals surface area contributed by atoms with Crippen molar-refractivity contribution in [2.45, 2.75) is 0 Å². The normalized spacial score (nSPS) is 10.6. The molecule has 0 saturated carbocycles. The van der Waals surface area contributed by atoms with E-state index < -0.39 is 0 Å². The number of nitrogens with zero attached hydrogens (tertiary/aromatic N) is 1. The van der Waals surface area contributed by atoms with Gasteiger partial charge in [-0.2, -0.15) is 0 Å². The molecule has 0 radical (unpaired) electrons. The van der Waals surface area contributed by atoms with Crippen LogP contribution < -0.4 is 4.90 Å². The smallest absolute Gasteiger partial charge is 0.160 e. The number of thiophene rings is 2. The Morgan fingerprint density at radius 3 is 2.46 bits per heavy atom. The van der Waals surface area contributed by atoms with Crippen LogP contribution >= 0.6 is 22.7 Å². The second-order valence-corrected chi connectivity index (χ2v) is 5.15. The average molecular weight is 211 g/mol. The molecule has 0 unspecified atom stereocenters. The molecule has 2 heterocycles. The minimum Gasteiger partial charge on any atom is -0.370 e. The molecule has 2 aromatic rings. The van der Waals surface area contributed by atoms with E-state index in [1.54, 1.807) is 22.7 Å². The van der Waals surface area contributed by atoms with Crippen molar-refractivity contribution in [2.75, 3.05) is 19.0 Å². The predicted molar refractivity (Wildman–Crippen MR) is 59.4 cm³/mol. The van der Waals surface area contributed by atoms with E-state index in [1.807, 2.05) is 20.2 Å². The molecule has 0 spiro atoms. The van der Waals surface area contributed by atoms with Crippen LogP contribution in [0.3, 0.4) is 0 Å². The molecule has 0 aromatic carbocycles. The Bertz CT molecular complexity index is 410. The summed E-state index contributed by atoms with van der Waals surface area (Å²) in [6, 6.07) is 4.07. The van der Waals surface area contributed by atoms with Crippen molar-refractivity contribution >= 4 is 43.4 Å². The zero-order valence-corrected chi connectivity index (χ0v) is 9.04. The Morgan fingerprint density at radius 1 is 1.23 bits per heavy atom. The van der Waals surface area contributed by atoms with Gasteiger partial charge < -0.3 is 4.90 Å². The van der Waals surface area contributed by atoms with Gasteiger partial charge in [-0.1, -0.05) is 0 Å². The summed E-state index contributed by atoms with van der Waals surface area (Å²) in [7, 11) is 4.05. The number of fused-ring (bicyclic) bond motifs is 1. The van der Waals surface area contributed by atoms with E-state index in [0.29, 0.717) is 0 Å². The van der Waals surface area contributed by atoms with Gasteiger partial charge in [0, 0.05) is 23.5 Å². The number of carbonyl (C=O) groups is 1. The largest absolute Gasteiger partial charge is 0.370 e. The van der Waals surface area contributed by atoms with Crippen molar-refractivity contribution in [3.05, 3.63) is 17.0 Å². The molecule has 0 N–H and O–H groups in total. The summed E-state index contributed by atoms with van der Waals surface area (Å²) in [5, 5.41) is 1.23. The minimum atomic E-state index is 0.812. The number of rotatable bonds is 2. The number of hydrogen-bond acceptors (Lipinski definition) is 4. The van der Waals surface area contributed by atoms with Crippen molar-refractivity contribution in [1.82, 2.24) is 0 Å². The van der Waals surface area contributed by atoms with E-state index in [-0.39, 0.29) is 0 Å². The lowest BCUT2D eigenvalue weighted by molar-refractivity contribution is 0.112.